The Bertz CT molecular complexity index is 674. The molecule has 0 bridgehead atoms. The molecule has 0 amide bonds. The van der Waals surface area contributed by atoms with E-state index >= 15 is 0 Å². The van der Waals surface area contributed by atoms with Crippen LogP contribution >= 0.6 is 0 Å². The number of carbonyl (C=O) groups excluding carboxylic acids is 2. The standard InChI is InChI=1S/C14H8O4Te/c15-13-9-5-1-3-7-11(9)19(17-13)12-8-4-2-6-10(12)14(16)18-19/h1-8H. The summed E-state index contributed by atoms with van der Waals surface area (Å²) >= 11 is -3.77. The van der Waals surface area contributed by atoms with Crippen molar-refractivity contribution in [2.24, 2.45) is 0 Å². The third kappa shape index (κ3) is 1.29. The van der Waals surface area contributed by atoms with E-state index in [1.54, 1.807) is 24.3 Å². The van der Waals surface area contributed by atoms with Gasteiger partial charge in [-0.15, -0.1) is 0 Å². The molecule has 0 atom stereocenters. The van der Waals surface area contributed by atoms with Crippen LogP contribution in [0.1, 0.15) is 20.7 Å². The van der Waals surface area contributed by atoms with Crippen molar-refractivity contribution in [3.8, 4) is 0 Å². The molecule has 4 rings (SSSR count). The molecular weight excluding hydrogens is 360 g/mol. The first-order chi connectivity index (χ1) is 9.22. The topological polar surface area (TPSA) is 52.6 Å². The second-order valence-corrected chi connectivity index (χ2v) is 10.6. The van der Waals surface area contributed by atoms with Crippen LogP contribution in [0.3, 0.4) is 0 Å². The SMILES string of the molecule is O=C1O[Te]2(OC(=O)c3ccccc32)c2ccccc21. The monoisotopic (exact) mass is 370 g/mol. The average molecular weight is 368 g/mol. The molecule has 2 aromatic carbocycles. The molecule has 0 saturated carbocycles. The number of fused-ring (bicyclic) bond motifs is 4. The van der Waals surface area contributed by atoms with Crippen molar-refractivity contribution in [3.05, 3.63) is 59.7 Å². The molecule has 0 aliphatic carbocycles. The van der Waals surface area contributed by atoms with Gasteiger partial charge in [0.1, 0.15) is 0 Å². The molecule has 0 N–H and O–H groups in total. The fraction of sp³-hybridized carbons (Fsp3) is 0. The Morgan fingerprint density at radius 3 is 1.58 bits per heavy atom. The van der Waals surface area contributed by atoms with E-state index in [9.17, 15) is 9.59 Å². The molecule has 4 nitrogen and oxygen atoms in total. The van der Waals surface area contributed by atoms with Crippen LogP contribution in [0.15, 0.2) is 48.5 Å². The molecule has 2 aromatic rings. The Balaban J connectivity index is 2.05. The minimum absolute atomic E-state index is 0.388. The van der Waals surface area contributed by atoms with Crippen LogP contribution in [0, 0.1) is 0 Å². The van der Waals surface area contributed by atoms with Crippen LogP contribution in [-0.2, 0) is 6.20 Å². The summed E-state index contributed by atoms with van der Waals surface area (Å²) in [5, 5.41) is 0. The van der Waals surface area contributed by atoms with Gasteiger partial charge in [-0.3, -0.25) is 0 Å². The third-order valence-electron chi connectivity index (χ3n) is 3.18. The first-order valence-corrected chi connectivity index (χ1v) is 9.95. The number of hydrogen-bond acceptors (Lipinski definition) is 4. The first-order valence-electron chi connectivity index (χ1n) is 5.71. The van der Waals surface area contributed by atoms with Crippen molar-refractivity contribution < 1.29 is 15.8 Å². The third-order valence-corrected chi connectivity index (χ3v) is 10.7. The van der Waals surface area contributed by atoms with Crippen molar-refractivity contribution in [2.45, 2.75) is 0 Å². The van der Waals surface area contributed by atoms with Gasteiger partial charge < -0.3 is 0 Å². The summed E-state index contributed by atoms with van der Waals surface area (Å²) in [7, 11) is 0. The summed E-state index contributed by atoms with van der Waals surface area (Å²) in [6, 6.07) is 14.3. The minimum atomic E-state index is -3.77. The van der Waals surface area contributed by atoms with Gasteiger partial charge in [0.2, 0.25) is 0 Å². The van der Waals surface area contributed by atoms with Gasteiger partial charge in [0, 0.05) is 0 Å². The maximum atomic E-state index is 12.0. The molecule has 0 unspecified atom stereocenters. The van der Waals surface area contributed by atoms with Crippen LogP contribution in [0.25, 0.3) is 0 Å². The zero-order valence-electron chi connectivity index (χ0n) is 9.66. The summed E-state index contributed by atoms with van der Waals surface area (Å²) in [5.41, 5.74) is 1.04. The first kappa shape index (κ1) is 11.0. The quantitative estimate of drug-likeness (QED) is 0.639. The van der Waals surface area contributed by atoms with E-state index in [4.69, 9.17) is 6.20 Å². The van der Waals surface area contributed by atoms with Crippen LogP contribution in [0.5, 0.6) is 0 Å². The van der Waals surface area contributed by atoms with Crippen molar-refractivity contribution >= 4 is 38.2 Å². The summed E-state index contributed by atoms with van der Waals surface area (Å²) in [4.78, 5) is 24.0. The molecule has 2 aliphatic rings. The Morgan fingerprint density at radius 1 is 0.684 bits per heavy atom. The molecule has 94 valence electrons. The van der Waals surface area contributed by atoms with Gasteiger partial charge in [0.25, 0.3) is 0 Å². The predicted octanol–water partition coefficient (Wildman–Crippen LogP) is 0.584. The molecule has 0 fully saturated rings. The molecule has 1 spiro atoms. The van der Waals surface area contributed by atoms with E-state index in [1.807, 2.05) is 24.3 Å². The fourth-order valence-electron chi connectivity index (χ4n) is 2.36. The van der Waals surface area contributed by atoms with Gasteiger partial charge in [-0.25, -0.2) is 0 Å². The van der Waals surface area contributed by atoms with E-state index in [0.717, 1.165) is 7.22 Å². The summed E-state index contributed by atoms with van der Waals surface area (Å²) in [5.74, 6) is -0.775. The summed E-state index contributed by atoms with van der Waals surface area (Å²) in [6.45, 7) is 0. The molecule has 0 aromatic heterocycles. The Kier molecular flexibility index (Phi) is 2.09. The number of carbonyl (C=O) groups is 2. The summed E-state index contributed by atoms with van der Waals surface area (Å²) < 4.78 is 12.7. The van der Waals surface area contributed by atoms with E-state index in [-0.39, 0.29) is 11.9 Å². The number of hydrogen-bond donors (Lipinski definition) is 0. The van der Waals surface area contributed by atoms with Crippen molar-refractivity contribution in [3.63, 3.8) is 0 Å². The Hall–Kier alpha value is -1.83. The van der Waals surface area contributed by atoms with E-state index < -0.39 is 19.0 Å². The van der Waals surface area contributed by atoms with Crippen molar-refractivity contribution in [1.29, 1.82) is 0 Å². The molecule has 2 aliphatic heterocycles. The molecule has 2 heterocycles. The van der Waals surface area contributed by atoms with Crippen LogP contribution in [-0.4, -0.2) is 30.9 Å². The summed E-state index contributed by atoms with van der Waals surface area (Å²) in [6.07, 6.45) is 0. The second-order valence-electron chi connectivity index (χ2n) is 4.24. The second kappa shape index (κ2) is 3.60. The number of rotatable bonds is 0. The van der Waals surface area contributed by atoms with Gasteiger partial charge in [-0.2, -0.15) is 0 Å². The zero-order valence-corrected chi connectivity index (χ0v) is 12.0. The van der Waals surface area contributed by atoms with E-state index in [1.165, 1.54) is 0 Å². The molecule has 5 heteroatoms. The van der Waals surface area contributed by atoms with Gasteiger partial charge in [0.05, 0.1) is 0 Å². The van der Waals surface area contributed by atoms with Crippen LogP contribution in [0.4, 0.5) is 0 Å². The zero-order chi connectivity index (χ0) is 13.0. The van der Waals surface area contributed by atoms with E-state index in [0.29, 0.717) is 11.1 Å². The van der Waals surface area contributed by atoms with Crippen LogP contribution in [0.2, 0.25) is 0 Å². The normalized spacial score (nSPS) is 19.6. The fourth-order valence-corrected chi connectivity index (χ4v) is 9.87. The van der Waals surface area contributed by atoms with Crippen LogP contribution < -0.4 is 7.22 Å². The Labute approximate surface area is 113 Å². The average Bonchev–Trinajstić information content (AvgIpc) is 2.88. The maximum absolute atomic E-state index is 12.0. The molecule has 0 radical (unpaired) electrons. The van der Waals surface area contributed by atoms with Gasteiger partial charge in [0.15, 0.2) is 0 Å². The van der Waals surface area contributed by atoms with Gasteiger partial charge in [-0.05, 0) is 0 Å². The number of benzene rings is 2. The molecule has 19 heavy (non-hydrogen) atoms. The molecule has 0 saturated heterocycles. The molecular formula is C14H8O4Te. The van der Waals surface area contributed by atoms with Gasteiger partial charge in [-0.1, -0.05) is 0 Å². The van der Waals surface area contributed by atoms with Crippen molar-refractivity contribution in [2.75, 3.05) is 0 Å². The predicted molar refractivity (Wildman–Crippen MR) is 68.7 cm³/mol. The van der Waals surface area contributed by atoms with Crippen molar-refractivity contribution in [1.82, 2.24) is 0 Å². The van der Waals surface area contributed by atoms with E-state index in [2.05, 4.69) is 0 Å². The Morgan fingerprint density at radius 2 is 1.11 bits per heavy atom. The van der Waals surface area contributed by atoms with Gasteiger partial charge >= 0.3 is 114 Å².